The van der Waals surface area contributed by atoms with Gasteiger partial charge in [0, 0.05) is 30.0 Å². The van der Waals surface area contributed by atoms with Crippen molar-refractivity contribution in [1.82, 2.24) is 4.98 Å². The highest BCUT2D eigenvalue weighted by Crippen LogP contribution is 2.48. The van der Waals surface area contributed by atoms with E-state index in [1.807, 2.05) is 6.92 Å². The summed E-state index contributed by atoms with van der Waals surface area (Å²) in [4.78, 5) is 4.48. The van der Waals surface area contributed by atoms with Crippen LogP contribution in [0.25, 0.3) is 21.5 Å². The van der Waals surface area contributed by atoms with E-state index in [0.29, 0.717) is 36.5 Å². The topological polar surface area (TPSA) is 168 Å². The highest BCUT2D eigenvalue weighted by atomic mass is 16.5. The van der Waals surface area contributed by atoms with Gasteiger partial charge < -0.3 is 25.4 Å². The third kappa shape index (κ3) is 4.89. The summed E-state index contributed by atoms with van der Waals surface area (Å²) in [5, 5.41) is 63.3. The molecule has 0 saturated heterocycles. The number of hydrogen-bond donors (Lipinski definition) is 4. The van der Waals surface area contributed by atoms with Crippen LogP contribution in [-0.4, -0.2) is 47.1 Å². The van der Waals surface area contributed by atoms with Gasteiger partial charge in [-0.3, -0.25) is 0 Å². The number of aromatic hydroxyl groups is 3. The number of methoxy groups -OCH3 is 1. The van der Waals surface area contributed by atoms with Gasteiger partial charge >= 0.3 is 0 Å². The summed E-state index contributed by atoms with van der Waals surface area (Å²) in [6.45, 7) is 5.04. The molecule has 0 radical (unpaired) electrons. The average molecular weight is 514 g/mol. The van der Waals surface area contributed by atoms with E-state index in [1.165, 1.54) is 6.07 Å². The number of phenolic OH excluding ortho intramolecular Hbond substituents is 3. The minimum absolute atomic E-state index is 0.139. The number of phenols is 3. The fourth-order valence-corrected chi connectivity index (χ4v) is 4.05. The van der Waals surface area contributed by atoms with Crippen molar-refractivity contribution < 1.29 is 20.1 Å². The lowest BCUT2D eigenvalue weighted by Crippen LogP contribution is -2.10. The number of rotatable bonds is 9. The minimum atomic E-state index is -0.187. The van der Waals surface area contributed by atoms with Crippen LogP contribution in [0.15, 0.2) is 56.9 Å². The summed E-state index contributed by atoms with van der Waals surface area (Å²) < 4.78 is 5.07. The molecule has 0 atom stereocenters. The molecule has 4 aromatic rings. The Morgan fingerprint density at radius 1 is 1.00 bits per heavy atom. The number of nitrogens with one attached hydrogen (secondary N) is 1. The van der Waals surface area contributed by atoms with Gasteiger partial charge in [-0.2, -0.15) is 10.4 Å². The predicted octanol–water partition coefficient (Wildman–Crippen LogP) is 6.65. The van der Waals surface area contributed by atoms with Crippen LogP contribution in [0.4, 0.5) is 23.0 Å². The van der Waals surface area contributed by atoms with Crippen molar-refractivity contribution >= 4 is 44.6 Å². The van der Waals surface area contributed by atoms with Crippen molar-refractivity contribution in [2.24, 2.45) is 20.5 Å². The van der Waals surface area contributed by atoms with Crippen LogP contribution in [0, 0.1) is 18.3 Å². The molecule has 0 bridgehead atoms. The van der Waals surface area contributed by atoms with Gasteiger partial charge in [-0.25, -0.2) is 4.98 Å². The summed E-state index contributed by atoms with van der Waals surface area (Å²) in [5.74, 6) is 0.0162. The molecule has 1 aromatic heterocycles. The third-order valence-corrected chi connectivity index (χ3v) is 5.92. The van der Waals surface area contributed by atoms with E-state index in [9.17, 15) is 20.6 Å². The molecule has 4 N–H and O–H groups in total. The Morgan fingerprint density at radius 2 is 1.71 bits per heavy atom. The SMILES string of the molecule is CCCN=Nc1nc(NCCOC)c(C#N)c(C)c1N=Nc1cccc2c(O)c3c(O)cccc3c(O)c12. The van der Waals surface area contributed by atoms with Gasteiger partial charge in [0.25, 0.3) is 0 Å². The van der Waals surface area contributed by atoms with Crippen LogP contribution >= 0.6 is 0 Å². The highest BCUT2D eigenvalue weighted by Gasteiger charge is 2.20. The zero-order valence-corrected chi connectivity index (χ0v) is 21.2. The van der Waals surface area contributed by atoms with Crippen molar-refractivity contribution in [2.75, 3.05) is 32.1 Å². The molecule has 0 aliphatic heterocycles. The van der Waals surface area contributed by atoms with Crippen molar-refractivity contribution in [2.45, 2.75) is 20.3 Å². The average Bonchev–Trinajstić information content (AvgIpc) is 2.91. The van der Waals surface area contributed by atoms with Gasteiger partial charge in [-0.05, 0) is 25.5 Å². The number of ether oxygens (including phenoxy) is 1. The summed E-state index contributed by atoms with van der Waals surface area (Å²) in [7, 11) is 1.58. The second kappa shape index (κ2) is 11.5. The number of hydrogen-bond acceptors (Lipinski definition) is 11. The predicted molar refractivity (Wildman–Crippen MR) is 144 cm³/mol. The molecule has 0 unspecified atom stereocenters. The molecular weight excluding hydrogens is 486 g/mol. The van der Waals surface area contributed by atoms with E-state index in [0.717, 1.165) is 6.42 Å². The number of nitrogens with zero attached hydrogens (tertiary/aromatic N) is 6. The maximum absolute atomic E-state index is 11.1. The van der Waals surface area contributed by atoms with Gasteiger partial charge in [0.05, 0.1) is 35.2 Å². The smallest absolute Gasteiger partial charge is 0.204 e. The third-order valence-electron chi connectivity index (χ3n) is 5.92. The summed E-state index contributed by atoms with van der Waals surface area (Å²) in [6, 6.07) is 11.6. The maximum atomic E-state index is 11.1. The first-order chi connectivity index (χ1) is 18.4. The Morgan fingerprint density at radius 3 is 2.42 bits per heavy atom. The standard InChI is InChI=1S/C27H27N7O4/c1-4-11-30-34-27-23(15(2)18(14-28)26(31-27)29-12-13-38-3)33-32-19-9-5-7-16-21(19)24(36)17-8-6-10-20(35)22(17)25(16)37/h5-10,35-37H,4,11-13H2,1-3H3,(H,29,31). The van der Waals surface area contributed by atoms with Crippen molar-refractivity contribution in [3.05, 3.63) is 47.5 Å². The molecule has 3 aromatic carbocycles. The number of anilines is 1. The van der Waals surface area contributed by atoms with Gasteiger partial charge in [-0.15, -0.1) is 15.3 Å². The minimum Gasteiger partial charge on any atom is -0.507 e. The zero-order valence-electron chi connectivity index (χ0n) is 21.2. The lowest BCUT2D eigenvalue weighted by atomic mass is 9.99. The molecule has 38 heavy (non-hydrogen) atoms. The van der Waals surface area contributed by atoms with E-state index >= 15 is 0 Å². The quantitative estimate of drug-likeness (QED) is 0.0840. The lowest BCUT2D eigenvalue weighted by Gasteiger charge is -2.13. The Balaban J connectivity index is 1.90. The van der Waals surface area contributed by atoms with Crippen LogP contribution < -0.4 is 5.32 Å². The van der Waals surface area contributed by atoms with Crippen molar-refractivity contribution in [3.8, 4) is 23.3 Å². The number of azo groups is 2. The molecule has 11 heteroatoms. The number of pyridine rings is 1. The lowest BCUT2D eigenvalue weighted by molar-refractivity contribution is 0.210. The second-order valence-electron chi connectivity index (χ2n) is 8.43. The van der Waals surface area contributed by atoms with Gasteiger partial charge in [0.15, 0.2) is 0 Å². The van der Waals surface area contributed by atoms with Crippen LogP contribution in [-0.2, 0) is 4.74 Å². The summed E-state index contributed by atoms with van der Waals surface area (Å²) >= 11 is 0. The fourth-order valence-electron chi connectivity index (χ4n) is 4.05. The first kappa shape index (κ1) is 26.2. The van der Waals surface area contributed by atoms with Crippen LogP contribution in [0.3, 0.4) is 0 Å². The first-order valence-corrected chi connectivity index (χ1v) is 12.0. The number of nitriles is 1. The van der Waals surface area contributed by atoms with E-state index < -0.39 is 0 Å². The first-order valence-electron chi connectivity index (χ1n) is 12.0. The van der Waals surface area contributed by atoms with Gasteiger partial charge in [0.2, 0.25) is 5.82 Å². The molecule has 0 aliphatic carbocycles. The van der Waals surface area contributed by atoms with Crippen LogP contribution in [0.1, 0.15) is 24.5 Å². The van der Waals surface area contributed by atoms with E-state index in [1.54, 1.807) is 44.4 Å². The molecule has 0 spiro atoms. The van der Waals surface area contributed by atoms with Crippen molar-refractivity contribution in [3.63, 3.8) is 0 Å². The Labute approximate surface area is 218 Å². The molecule has 11 nitrogen and oxygen atoms in total. The molecule has 1 heterocycles. The largest absolute Gasteiger partial charge is 0.507 e. The van der Waals surface area contributed by atoms with E-state index in [2.05, 4.69) is 36.8 Å². The monoisotopic (exact) mass is 513 g/mol. The normalized spacial score (nSPS) is 11.6. The second-order valence-corrected chi connectivity index (χ2v) is 8.43. The van der Waals surface area contributed by atoms with Crippen LogP contribution in [0.2, 0.25) is 0 Å². The zero-order chi connectivity index (χ0) is 27.2. The molecule has 4 rings (SSSR count). The van der Waals surface area contributed by atoms with Gasteiger partial charge in [-0.1, -0.05) is 31.2 Å². The molecular formula is C27H27N7O4. The maximum Gasteiger partial charge on any atom is 0.204 e. The van der Waals surface area contributed by atoms with E-state index in [4.69, 9.17) is 4.74 Å². The van der Waals surface area contributed by atoms with Crippen LogP contribution in [0.5, 0.6) is 17.2 Å². The number of aromatic nitrogens is 1. The van der Waals surface area contributed by atoms with E-state index in [-0.39, 0.29) is 56.2 Å². The Bertz CT molecular complexity index is 1610. The highest BCUT2D eigenvalue weighted by molar-refractivity contribution is 6.15. The molecule has 194 valence electrons. The van der Waals surface area contributed by atoms with Gasteiger partial charge in [0.1, 0.15) is 34.8 Å². The fraction of sp³-hybridized carbons (Fsp3) is 0.259. The molecule has 0 fully saturated rings. The number of fused-ring (bicyclic) bond motifs is 2. The Hall–Kier alpha value is -4.82. The summed E-state index contributed by atoms with van der Waals surface area (Å²) in [5.41, 5.74) is 1.29. The molecule has 0 saturated carbocycles. The van der Waals surface area contributed by atoms with Crippen molar-refractivity contribution in [1.29, 1.82) is 5.26 Å². The molecule has 0 amide bonds. The molecule has 0 aliphatic rings. The Kier molecular flexibility index (Phi) is 7.94. The number of benzene rings is 3. The summed E-state index contributed by atoms with van der Waals surface area (Å²) in [6.07, 6.45) is 0.789.